The highest BCUT2D eigenvalue weighted by Crippen LogP contribution is 2.36. The van der Waals surface area contributed by atoms with Crippen LogP contribution in [0.5, 0.6) is 0 Å². The summed E-state index contributed by atoms with van der Waals surface area (Å²) in [5.41, 5.74) is 5.82. The van der Waals surface area contributed by atoms with E-state index in [9.17, 15) is 9.59 Å². The first-order valence-corrected chi connectivity index (χ1v) is 11.0. The molecule has 4 aromatic carbocycles. The van der Waals surface area contributed by atoms with Crippen LogP contribution in [0.3, 0.4) is 0 Å². The molecular formula is C29H24N2O2. The largest absolute Gasteiger partial charge is 0.350 e. The van der Waals surface area contributed by atoms with Crippen molar-refractivity contribution >= 4 is 39.5 Å². The zero-order valence-corrected chi connectivity index (χ0v) is 18.8. The fraction of sp³-hybridized carbons (Fsp3) is 0.103. The summed E-state index contributed by atoms with van der Waals surface area (Å²) in [7, 11) is 0. The van der Waals surface area contributed by atoms with Crippen LogP contribution >= 0.6 is 0 Å². The van der Waals surface area contributed by atoms with E-state index in [1.807, 2.05) is 106 Å². The van der Waals surface area contributed by atoms with Gasteiger partial charge >= 0.3 is 0 Å². The second kappa shape index (κ2) is 8.06. The van der Waals surface area contributed by atoms with Gasteiger partial charge in [0, 0.05) is 11.1 Å². The molecule has 162 valence electrons. The zero-order valence-electron chi connectivity index (χ0n) is 18.8. The van der Waals surface area contributed by atoms with Crippen molar-refractivity contribution in [1.29, 1.82) is 0 Å². The van der Waals surface area contributed by atoms with Crippen molar-refractivity contribution in [2.24, 2.45) is 0 Å². The van der Waals surface area contributed by atoms with Crippen molar-refractivity contribution in [2.45, 2.75) is 20.8 Å². The monoisotopic (exact) mass is 432 g/mol. The van der Waals surface area contributed by atoms with Crippen molar-refractivity contribution in [3.63, 3.8) is 0 Å². The number of nitrogens with zero attached hydrogens (tertiary/aromatic N) is 1. The van der Waals surface area contributed by atoms with E-state index in [0.29, 0.717) is 17.0 Å². The summed E-state index contributed by atoms with van der Waals surface area (Å²) in [5, 5.41) is 5.37. The molecule has 1 aliphatic heterocycles. The smallest absolute Gasteiger partial charge is 0.282 e. The average molecular weight is 433 g/mol. The summed E-state index contributed by atoms with van der Waals surface area (Å²) in [5.74, 6) is -0.669. The van der Waals surface area contributed by atoms with Crippen LogP contribution in [-0.4, -0.2) is 11.8 Å². The summed E-state index contributed by atoms with van der Waals surface area (Å²) in [6.45, 7) is 5.91. The lowest BCUT2D eigenvalue weighted by atomic mass is 10.0. The zero-order chi connectivity index (χ0) is 23.1. The van der Waals surface area contributed by atoms with Crippen LogP contribution in [0.2, 0.25) is 0 Å². The highest BCUT2D eigenvalue weighted by molar-refractivity contribution is 6.46. The van der Waals surface area contributed by atoms with Gasteiger partial charge in [0.05, 0.1) is 11.3 Å². The summed E-state index contributed by atoms with van der Waals surface area (Å²) >= 11 is 0. The second-order valence-electron chi connectivity index (χ2n) is 8.43. The summed E-state index contributed by atoms with van der Waals surface area (Å²) in [6.07, 6.45) is 0. The van der Waals surface area contributed by atoms with Gasteiger partial charge in [-0.2, -0.15) is 0 Å². The number of rotatable bonds is 4. The molecule has 0 fully saturated rings. The van der Waals surface area contributed by atoms with Crippen molar-refractivity contribution in [1.82, 2.24) is 0 Å². The van der Waals surface area contributed by atoms with Gasteiger partial charge in [0.25, 0.3) is 11.8 Å². The molecule has 0 radical (unpaired) electrons. The average Bonchev–Trinajstić information content (AvgIpc) is 3.06. The maximum atomic E-state index is 13.8. The Bertz CT molecular complexity index is 1440. The third-order valence-electron chi connectivity index (χ3n) is 6.29. The maximum Gasteiger partial charge on any atom is 0.282 e. The van der Waals surface area contributed by atoms with Gasteiger partial charge in [0.1, 0.15) is 5.70 Å². The molecule has 0 saturated carbocycles. The van der Waals surface area contributed by atoms with E-state index in [0.717, 1.165) is 38.7 Å². The molecule has 5 rings (SSSR count). The van der Waals surface area contributed by atoms with Crippen molar-refractivity contribution in [2.75, 3.05) is 10.2 Å². The molecule has 0 atom stereocenters. The molecular weight excluding hydrogens is 408 g/mol. The van der Waals surface area contributed by atoms with Gasteiger partial charge in [-0.3, -0.25) is 9.59 Å². The first-order chi connectivity index (χ1) is 16.0. The Morgan fingerprint density at radius 2 is 1.39 bits per heavy atom. The molecule has 1 aliphatic rings. The number of benzene rings is 4. The normalized spacial score (nSPS) is 13.8. The minimum Gasteiger partial charge on any atom is -0.350 e. The molecule has 2 amide bonds. The van der Waals surface area contributed by atoms with E-state index in [-0.39, 0.29) is 11.8 Å². The Morgan fingerprint density at radius 1 is 0.697 bits per heavy atom. The Hall–Kier alpha value is -4.18. The number of nitrogens with one attached hydrogen (secondary N) is 1. The molecule has 0 spiro atoms. The number of hydrogen-bond donors (Lipinski definition) is 1. The summed E-state index contributed by atoms with van der Waals surface area (Å²) in [6, 6.07) is 27.3. The fourth-order valence-corrected chi connectivity index (χ4v) is 4.30. The number of anilines is 2. The highest BCUT2D eigenvalue weighted by atomic mass is 16.2. The number of hydrogen-bond acceptors (Lipinski definition) is 3. The van der Waals surface area contributed by atoms with Gasteiger partial charge in [-0.25, -0.2) is 4.90 Å². The predicted octanol–water partition coefficient (Wildman–Crippen LogP) is 6.16. The molecule has 0 aromatic heterocycles. The second-order valence-corrected chi connectivity index (χ2v) is 8.43. The molecule has 4 aromatic rings. The Labute approximate surface area is 193 Å². The van der Waals surface area contributed by atoms with E-state index < -0.39 is 0 Å². The fourth-order valence-electron chi connectivity index (χ4n) is 4.30. The lowest BCUT2D eigenvalue weighted by Crippen LogP contribution is -2.33. The number of amides is 2. The first-order valence-electron chi connectivity index (χ1n) is 11.0. The maximum absolute atomic E-state index is 13.8. The van der Waals surface area contributed by atoms with Gasteiger partial charge in [0.2, 0.25) is 0 Å². The minimum absolute atomic E-state index is 0.293. The van der Waals surface area contributed by atoms with Crippen LogP contribution in [0, 0.1) is 20.8 Å². The van der Waals surface area contributed by atoms with E-state index in [2.05, 4.69) is 5.32 Å². The number of carbonyl (C=O) groups excluding carboxylic acids is 2. The van der Waals surface area contributed by atoms with Gasteiger partial charge in [-0.05, 0) is 55.0 Å². The van der Waals surface area contributed by atoms with Gasteiger partial charge in [-0.15, -0.1) is 0 Å². The van der Waals surface area contributed by atoms with Crippen LogP contribution in [0.4, 0.5) is 11.4 Å². The Morgan fingerprint density at radius 3 is 2.18 bits per heavy atom. The van der Waals surface area contributed by atoms with E-state index >= 15 is 0 Å². The molecule has 1 heterocycles. The first kappa shape index (κ1) is 20.7. The highest BCUT2D eigenvalue weighted by Gasteiger charge is 2.41. The molecule has 0 bridgehead atoms. The van der Waals surface area contributed by atoms with Crippen molar-refractivity contribution < 1.29 is 9.59 Å². The lowest BCUT2D eigenvalue weighted by Gasteiger charge is -2.19. The Balaban J connectivity index is 1.68. The van der Waals surface area contributed by atoms with Crippen molar-refractivity contribution in [3.05, 3.63) is 113 Å². The van der Waals surface area contributed by atoms with E-state index in [1.165, 1.54) is 4.90 Å². The number of imide groups is 1. The van der Waals surface area contributed by atoms with Gasteiger partial charge < -0.3 is 5.32 Å². The SMILES string of the molecule is Cc1ccc(C2=C(Nc3cccc4ccccc34)C(=O)N(c3cccc(C)c3C)C2=O)cc1. The minimum atomic E-state index is -0.350. The topological polar surface area (TPSA) is 49.4 Å². The lowest BCUT2D eigenvalue weighted by molar-refractivity contribution is -0.120. The number of aryl methyl sites for hydroxylation is 2. The van der Waals surface area contributed by atoms with Crippen LogP contribution in [0.25, 0.3) is 16.3 Å². The van der Waals surface area contributed by atoms with E-state index in [4.69, 9.17) is 0 Å². The molecule has 0 aliphatic carbocycles. The molecule has 4 heteroatoms. The molecule has 1 N–H and O–H groups in total. The summed E-state index contributed by atoms with van der Waals surface area (Å²) < 4.78 is 0. The molecule has 0 saturated heterocycles. The van der Waals surface area contributed by atoms with E-state index in [1.54, 1.807) is 0 Å². The molecule has 0 unspecified atom stereocenters. The Kier molecular flexibility index (Phi) is 5.06. The molecule has 33 heavy (non-hydrogen) atoms. The third kappa shape index (κ3) is 3.50. The third-order valence-corrected chi connectivity index (χ3v) is 6.29. The van der Waals surface area contributed by atoms with Crippen LogP contribution < -0.4 is 10.2 Å². The van der Waals surface area contributed by atoms with Gasteiger partial charge in [0.15, 0.2) is 0 Å². The van der Waals surface area contributed by atoms with Crippen molar-refractivity contribution in [3.8, 4) is 0 Å². The predicted molar refractivity (Wildman–Crippen MR) is 134 cm³/mol. The van der Waals surface area contributed by atoms with Gasteiger partial charge in [-0.1, -0.05) is 78.4 Å². The quantitative estimate of drug-likeness (QED) is 0.393. The molecule has 4 nitrogen and oxygen atoms in total. The standard InChI is InChI=1S/C29H24N2O2/c1-18-14-16-22(17-15-18)26-27(30-24-12-7-10-21-9-4-5-11-23(21)24)29(33)31(28(26)32)25-13-6-8-19(2)20(25)3/h4-17,30H,1-3H3. The number of carbonyl (C=O) groups is 2. The van der Waals surface area contributed by atoms with Crippen LogP contribution in [0.1, 0.15) is 22.3 Å². The van der Waals surface area contributed by atoms with Crippen LogP contribution in [-0.2, 0) is 9.59 Å². The number of fused-ring (bicyclic) bond motifs is 1. The van der Waals surface area contributed by atoms with Crippen LogP contribution in [0.15, 0.2) is 90.6 Å². The summed E-state index contributed by atoms with van der Waals surface area (Å²) in [4.78, 5) is 28.8.